The fraction of sp³-hybridized carbons (Fsp3) is 0.571. The molecule has 0 radical (unpaired) electrons. The minimum Gasteiger partial charge on any atom is -0.365 e. The summed E-state index contributed by atoms with van der Waals surface area (Å²) in [5, 5.41) is 1.04. The van der Waals surface area contributed by atoms with Gasteiger partial charge in [-0.15, -0.1) is 11.3 Å². The number of fused-ring (bicyclic) bond motifs is 1. The molecule has 4 heterocycles. The summed E-state index contributed by atoms with van der Waals surface area (Å²) in [7, 11) is 0. The molecule has 2 N–H and O–H groups in total. The van der Waals surface area contributed by atoms with Gasteiger partial charge in [-0.2, -0.15) is 0 Å². The van der Waals surface area contributed by atoms with Gasteiger partial charge in [0.05, 0.1) is 4.88 Å². The summed E-state index contributed by atoms with van der Waals surface area (Å²) in [5.74, 6) is 0.139. The van der Waals surface area contributed by atoms with E-state index in [2.05, 4.69) is 9.88 Å². The van der Waals surface area contributed by atoms with Crippen molar-refractivity contribution >= 4 is 33.4 Å². The average molecular weight is 401 g/mol. The fourth-order valence-corrected chi connectivity index (χ4v) is 5.63. The number of primary amides is 1. The molecule has 0 aliphatic carbocycles. The highest BCUT2D eigenvalue weighted by atomic mass is 32.1. The van der Waals surface area contributed by atoms with Crippen molar-refractivity contribution in [3.8, 4) is 0 Å². The van der Waals surface area contributed by atoms with Crippen LogP contribution in [0, 0.1) is 0 Å². The number of carbonyl (C=O) groups is 2. The molecule has 0 saturated carbocycles. The molecular formula is C21H28N4O2S. The quantitative estimate of drug-likeness (QED) is 0.837. The summed E-state index contributed by atoms with van der Waals surface area (Å²) in [5.41, 5.74) is 6.69. The van der Waals surface area contributed by atoms with Crippen LogP contribution in [0.25, 0.3) is 10.2 Å². The molecule has 0 aromatic carbocycles. The van der Waals surface area contributed by atoms with Crippen molar-refractivity contribution in [3.63, 3.8) is 0 Å². The van der Waals surface area contributed by atoms with E-state index in [-0.39, 0.29) is 17.7 Å². The second-order valence-corrected chi connectivity index (χ2v) is 8.87. The third kappa shape index (κ3) is 4.05. The van der Waals surface area contributed by atoms with Crippen molar-refractivity contribution in [1.82, 2.24) is 14.8 Å². The van der Waals surface area contributed by atoms with Crippen molar-refractivity contribution in [3.05, 3.63) is 28.8 Å². The van der Waals surface area contributed by atoms with E-state index < -0.39 is 0 Å². The van der Waals surface area contributed by atoms with E-state index in [1.54, 1.807) is 6.20 Å². The molecule has 0 unspecified atom stereocenters. The van der Waals surface area contributed by atoms with Gasteiger partial charge in [-0.3, -0.25) is 9.59 Å². The SMILES string of the molecule is NC(=O)c1sc2ncccc2c1C1CCN(C(=O)CCN2CCCCC2)CC1. The van der Waals surface area contributed by atoms with Crippen molar-refractivity contribution in [1.29, 1.82) is 0 Å². The van der Waals surface area contributed by atoms with E-state index in [1.165, 1.54) is 30.6 Å². The number of aromatic nitrogens is 1. The third-order valence-electron chi connectivity index (χ3n) is 6.07. The number of likely N-dealkylation sites (tertiary alicyclic amines) is 2. The number of rotatable bonds is 5. The molecule has 2 aliphatic rings. The molecule has 7 heteroatoms. The molecular weight excluding hydrogens is 372 g/mol. The Bertz CT molecular complexity index is 851. The highest BCUT2D eigenvalue weighted by molar-refractivity contribution is 7.20. The first-order valence-corrected chi connectivity index (χ1v) is 11.1. The predicted octanol–water partition coefficient (Wildman–Crippen LogP) is 2.98. The van der Waals surface area contributed by atoms with Crippen LogP contribution in [0.3, 0.4) is 0 Å². The fourth-order valence-electron chi connectivity index (χ4n) is 4.55. The Balaban J connectivity index is 1.39. The zero-order valence-electron chi connectivity index (χ0n) is 16.2. The van der Waals surface area contributed by atoms with Crippen LogP contribution >= 0.6 is 11.3 Å². The largest absolute Gasteiger partial charge is 0.365 e. The Morgan fingerprint density at radius 1 is 1.14 bits per heavy atom. The second kappa shape index (κ2) is 8.57. The summed E-state index contributed by atoms with van der Waals surface area (Å²) in [6.07, 6.45) is 7.93. The lowest BCUT2D eigenvalue weighted by atomic mass is 9.87. The van der Waals surface area contributed by atoms with Crippen LogP contribution in [0.4, 0.5) is 0 Å². The van der Waals surface area contributed by atoms with Crippen molar-refractivity contribution in [2.24, 2.45) is 5.73 Å². The predicted molar refractivity (Wildman–Crippen MR) is 112 cm³/mol. The summed E-state index contributed by atoms with van der Waals surface area (Å²) in [6.45, 7) is 4.64. The van der Waals surface area contributed by atoms with Crippen LogP contribution < -0.4 is 5.73 Å². The number of hydrogen-bond donors (Lipinski definition) is 1. The first-order chi connectivity index (χ1) is 13.6. The molecule has 28 heavy (non-hydrogen) atoms. The van der Waals surface area contributed by atoms with Crippen LogP contribution in [0.5, 0.6) is 0 Å². The van der Waals surface area contributed by atoms with Crippen LogP contribution in [0.2, 0.25) is 0 Å². The Hall–Kier alpha value is -1.99. The third-order valence-corrected chi connectivity index (χ3v) is 7.22. The van der Waals surface area contributed by atoms with Gasteiger partial charge in [0, 0.05) is 37.6 Å². The van der Waals surface area contributed by atoms with Gasteiger partial charge in [-0.25, -0.2) is 4.98 Å². The Kier molecular flexibility index (Phi) is 5.92. The average Bonchev–Trinajstić information content (AvgIpc) is 3.13. The molecule has 150 valence electrons. The molecule has 0 bridgehead atoms. The van der Waals surface area contributed by atoms with E-state index in [4.69, 9.17) is 5.73 Å². The summed E-state index contributed by atoms with van der Waals surface area (Å²) < 4.78 is 0. The van der Waals surface area contributed by atoms with Crippen molar-refractivity contribution in [2.75, 3.05) is 32.7 Å². The summed E-state index contributed by atoms with van der Waals surface area (Å²) in [4.78, 5) is 34.9. The number of piperidine rings is 2. The lowest BCUT2D eigenvalue weighted by molar-refractivity contribution is -0.132. The number of hydrogen-bond acceptors (Lipinski definition) is 5. The van der Waals surface area contributed by atoms with Gasteiger partial charge in [0.25, 0.3) is 5.91 Å². The van der Waals surface area contributed by atoms with Crippen molar-refractivity contribution in [2.45, 2.75) is 44.4 Å². The van der Waals surface area contributed by atoms with Gasteiger partial charge in [0.15, 0.2) is 0 Å². The molecule has 6 nitrogen and oxygen atoms in total. The smallest absolute Gasteiger partial charge is 0.259 e. The number of amides is 2. The molecule has 2 aromatic rings. The zero-order valence-corrected chi connectivity index (χ0v) is 17.0. The maximum atomic E-state index is 12.6. The highest BCUT2D eigenvalue weighted by Gasteiger charge is 2.29. The summed E-state index contributed by atoms with van der Waals surface area (Å²) in [6, 6.07) is 3.93. The maximum absolute atomic E-state index is 12.6. The van der Waals surface area contributed by atoms with E-state index >= 15 is 0 Å². The topological polar surface area (TPSA) is 79.5 Å². The van der Waals surface area contributed by atoms with E-state index in [9.17, 15) is 9.59 Å². The van der Waals surface area contributed by atoms with Gasteiger partial charge >= 0.3 is 0 Å². The van der Waals surface area contributed by atoms with E-state index in [1.807, 2.05) is 17.0 Å². The maximum Gasteiger partial charge on any atom is 0.259 e. The monoisotopic (exact) mass is 400 g/mol. The van der Waals surface area contributed by atoms with Gasteiger partial charge in [0.1, 0.15) is 4.83 Å². The van der Waals surface area contributed by atoms with Crippen LogP contribution in [0.15, 0.2) is 18.3 Å². The van der Waals surface area contributed by atoms with Crippen LogP contribution in [-0.2, 0) is 4.79 Å². The van der Waals surface area contributed by atoms with E-state index in [0.717, 1.165) is 61.3 Å². The Labute approximate surface area is 169 Å². The molecule has 4 rings (SSSR count). The van der Waals surface area contributed by atoms with Crippen molar-refractivity contribution < 1.29 is 9.59 Å². The van der Waals surface area contributed by atoms with E-state index in [0.29, 0.717) is 11.3 Å². The first-order valence-electron chi connectivity index (χ1n) is 10.3. The van der Waals surface area contributed by atoms with Gasteiger partial charge < -0.3 is 15.5 Å². The standard InChI is InChI=1S/C21H28N4O2S/c22-20(27)19-18(16-5-4-9-23-21(16)28-19)15-6-13-25(14-7-15)17(26)8-12-24-10-2-1-3-11-24/h4-5,9,15H,1-3,6-8,10-14H2,(H2,22,27). The van der Waals surface area contributed by atoms with Crippen LogP contribution in [0.1, 0.15) is 59.7 Å². The molecule has 2 aromatic heterocycles. The Morgan fingerprint density at radius 2 is 1.89 bits per heavy atom. The second-order valence-electron chi connectivity index (χ2n) is 7.87. The molecule has 0 atom stereocenters. The molecule has 0 spiro atoms. The molecule has 2 saturated heterocycles. The number of nitrogens with zero attached hydrogens (tertiary/aromatic N) is 3. The number of pyridine rings is 1. The number of thiophene rings is 1. The lowest BCUT2D eigenvalue weighted by Crippen LogP contribution is -2.40. The number of nitrogens with two attached hydrogens (primary N) is 1. The minimum atomic E-state index is -0.377. The minimum absolute atomic E-state index is 0.256. The van der Waals surface area contributed by atoms with Gasteiger partial charge in [-0.05, 0) is 56.3 Å². The molecule has 2 amide bonds. The molecule has 2 aliphatic heterocycles. The Morgan fingerprint density at radius 3 is 2.61 bits per heavy atom. The first kappa shape index (κ1) is 19.3. The highest BCUT2D eigenvalue weighted by Crippen LogP contribution is 2.39. The lowest BCUT2D eigenvalue weighted by Gasteiger charge is -2.33. The van der Waals surface area contributed by atoms with Gasteiger partial charge in [0.2, 0.25) is 5.91 Å². The summed E-state index contributed by atoms with van der Waals surface area (Å²) >= 11 is 1.38. The molecule has 2 fully saturated rings. The number of carbonyl (C=O) groups excluding carboxylic acids is 2. The normalized spacial score (nSPS) is 19.2. The van der Waals surface area contributed by atoms with Gasteiger partial charge in [-0.1, -0.05) is 12.5 Å². The zero-order chi connectivity index (χ0) is 19.5. The van der Waals surface area contributed by atoms with Crippen LogP contribution in [-0.4, -0.2) is 59.3 Å².